The molecule has 5 heteroatoms. The van der Waals surface area contributed by atoms with Crippen molar-refractivity contribution >= 4 is 11.6 Å². The van der Waals surface area contributed by atoms with Crippen molar-refractivity contribution in [1.29, 1.82) is 0 Å². The lowest BCUT2D eigenvalue weighted by Gasteiger charge is -2.20. The molecule has 0 atom stereocenters. The van der Waals surface area contributed by atoms with Crippen molar-refractivity contribution in [3.05, 3.63) is 24.0 Å². The summed E-state index contributed by atoms with van der Waals surface area (Å²) in [5.41, 5.74) is 6.50. The molecule has 0 saturated heterocycles. The minimum atomic E-state index is -0.0906. The van der Waals surface area contributed by atoms with Gasteiger partial charge in [0.2, 0.25) is 0 Å². The van der Waals surface area contributed by atoms with Gasteiger partial charge < -0.3 is 15.4 Å². The lowest BCUT2D eigenvalue weighted by molar-refractivity contribution is 0.0664. The van der Waals surface area contributed by atoms with Crippen molar-refractivity contribution in [2.24, 2.45) is 0 Å². The van der Waals surface area contributed by atoms with Crippen LogP contribution in [0.4, 0.5) is 5.69 Å². The highest BCUT2D eigenvalue weighted by molar-refractivity contribution is 5.92. The quantitative estimate of drug-likeness (QED) is 0.754. The number of aromatic nitrogens is 1. The van der Waals surface area contributed by atoms with E-state index < -0.39 is 0 Å². The van der Waals surface area contributed by atoms with Gasteiger partial charge in [-0.25, -0.2) is 4.98 Å². The largest absolute Gasteiger partial charge is 0.397 e. The number of nitrogen functional groups attached to an aromatic ring is 1. The molecule has 2 N–H and O–H groups in total. The molecule has 0 radical (unpaired) electrons. The average molecular weight is 237 g/mol. The van der Waals surface area contributed by atoms with Crippen molar-refractivity contribution in [1.82, 2.24) is 9.88 Å². The van der Waals surface area contributed by atoms with Gasteiger partial charge in [-0.15, -0.1) is 0 Å². The monoisotopic (exact) mass is 237 g/mol. The first-order valence-corrected chi connectivity index (χ1v) is 5.77. The summed E-state index contributed by atoms with van der Waals surface area (Å²) in [5.74, 6) is -0.0906. The molecule has 0 saturated carbocycles. The molecule has 1 aromatic rings. The molecule has 1 amide bonds. The second-order valence-corrected chi connectivity index (χ2v) is 3.56. The van der Waals surface area contributed by atoms with E-state index in [2.05, 4.69) is 4.98 Å². The Morgan fingerprint density at radius 2 is 2.24 bits per heavy atom. The van der Waals surface area contributed by atoms with E-state index in [4.69, 9.17) is 10.5 Å². The standard InChI is InChI=1S/C12H19N3O2/c1-3-15(7-8-17-4-2)12(16)11-6-5-10(13)9-14-11/h5-6,9H,3-4,7-8,13H2,1-2H3. The third kappa shape index (κ3) is 4.03. The zero-order chi connectivity index (χ0) is 12.7. The Labute approximate surface area is 102 Å². The molecule has 5 nitrogen and oxygen atoms in total. The number of ether oxygens (including phenoxy) is 1. The lowest BCUT2D eigenvalue weighted by atomic mass is 10.3. The molecule has 0 aromatic carbocycles. The smallest absolute Gasteiger partial charge is 0.272 e. The first-order valence-electron chi connectivity index (χ1n) is 5.77. The van der Waals surface area contributed by atoms with E-state index in [1.165, 1.54) is 6.20 Å². The Morgan fingerprint density at radius 1 is 1.47 bits per heavy atom. The number of carbonyl (C=O) groups excluding carboxylic acids is 1. The molecule has 94 valence electrons. The Morgan fingerprint density at radius 3 is 2.76 bits per heavy atom. The van der Waals surface area contributed by atoms with Crippen LogP contribution in [-0.4, -0.2) is 42.1 Å². The number of carbonyl (C=O) groups is 1. The number of pyridine rings is 1. The summed E-state index contributed by atoms with van der Waals surface area (Å²) in [5, 5.41) is 0. The highest BCUT2D eigenvalue weighted by atomic mass is 16.5. The Bertz CT molecular complexity index is 351. The molecule has 1 rings (SSSR count). The van der Waals surface area contributed by atoms with Crippen LogP contribution in [0.25, 0.3) is 0 Å². The number of nitrogens with two attached hydrogens (primary N) is 1. The number of anilines is 1. The molecule has 17 heavy (non-hydrogen) atoms. The van der Waals surface area contributed by atoms with Gasteiger partial charge in [0, 0.05) is 19.7 Å². The Kier molecular flexibility index (Phi) is 5.42. The fourth-order valence-corrected chi connectivity index (χ4v) is 1.42. The highest BCUT2D eigenvalue weighted by Crippen LogP contribution is 2.05. The number of amides is 1. The zero-order valence-electron chi connectivity index (χ0n) is 10.3. The molecule has 0 spiro atoms. The van der Waals surface area contributed by atoms with E-state index in [1.807, 2.05) is 13.8 Å². The highest BCUT2D eigenvalue weighted by Gasteiger charge is 2.14. The number of hydrogen-bond acceptors (Lipinski definition) is 4. The van der Waals surface area contributed by atoms with Crippen LogP contribution in [0.5, 0.6) is 0 Å². The summed E-state index contributed by atoms with van der Waals surface area (Å²) < 4.78 is 5.24. The third-order valence-corrected chi connectivity index (χ3v) is 2.38. The van der Waals surface area contributed by atoms with Gasteiger partial charge in [0.15, 0.2) is 0 Å². The van der Waals surface area contributed by atoms with Gasteiger partial charge in [0.05, 0.1) is 18.5 Å². The van der Waals surface area contributed by atoms with Gasteiger partial charge in [-0.05, 0) is 26.0 Å². The molecule has 0 bridgehead atoms. The van der Waals surface area contributed by atoms with E-state index in [-0.39, 0.29) is 5.91 Å². The topological polar surface area (TPSA) is 68.5 Å². The number of nitrogens with zero attached hydrogens (tertiary/aromatic N) is 2. The summed E-state index contributed by atoms with van der Waals surface area (Å²) >= 11 is 0. The van der Waals surface area contributed by atoms with Crippen LogP contribution in [0.3, 0.4) is 0 Å². The number of rotatable bonds is 6. The maximum Gasteiger partial charge on any atom is 0.272 e. The van der Waals surface area contributed by atoms with Gasteiger partial charge in [-0.3, -0.25) is 4.79 Å². The van der Waals surface area contributed by atoms with Gasteiger partial charge >= 0.3 is 0 Å². The second kappa shape index (κ2) is 6.85. The van der Waals surface area contributed by atoms with E-state index >= 15 is 0 Å². The average Bonchev–Trinajstić information content (AvgIpc) is 2.35. The summed E-state index contributed by atoms with van der Waals surface area (Å²) in [6, 6.07) is 3.32. The van der Waals surface area contributed by atoms with Crippen molar-refractivity contribution in [3.63, 3.8) is 0 Å². The fourth-order valence-electron chi connectivity index (χ4n) is 1.42. The van der Waals surface area contributed by atoms with E-state index in [1.54, 1.807) is 17.0 Å². The number of hydrogen-bond donors (Lipinski definition) is 1. The predicted octanol–water partition coefficient (Wildman–Crippen LogP) is 1.16. The van der Waals surface area contributed by atoms with E-state index in [0.29, 0.717) is 37.7 Å². The summed E-state index contributed by atoms with van der Waals surface area (Å²) in [6.45, 7) is 6.28. The van der Waals surface area contributed by atoms with Crippen LogP contribution in [0.2, 0.25) is 0 Å². The molecule has 0 aliphatic carbocycles. The van der Waals surface area contributed by atoms with Crippen LogP contribution in [0, 0.1) is 0 Å². The van der Waals surface area contributed by atoms with E-state index in [0.717, 1.165) is 0 Å². The van der Waals surface area contributed by atoms with Crippen LogP contribution in [-0.2, 0) is 4.74 Å². The van der Waals surface area contributed by atoms with Crippen molar-refractivity contribution in [2.75, 3.05) is 32.0 Å². The van der Waals surface area contributed by atoms with Gasteiger partial charge in [0.1, 0.15) is 5.69 Å². The molecule has 0 aliphatic rings. The predicted molar refractivity (Wildman–Crippen MR) is 66.7 cm³/mol. The van der Waals surface area contributed by atoms with Crippen molar-refractivity contribution < 1.29 is 9.53 Å². The Hall–Kier alpha value is -1.62. The molecule has 0 aliphatic heterocycles. The van der Waals surface area contributed by atoms with E-state index in [9.17, 15) is 4.79 Å². The maximum atomic E-state index is 12.0. The summed E-state index contributed by atoms with van der Waals surface area (Å²) in [7, 11) is 0. The van der Waals surface area contributed by atoms with Gasteiger partial charge in [0.25, 0.3) is 5.91 Å². The van der Waals surface area contributed by atoms with Crippen molar-refractivity contribution in [2.45, 2.75) is 13.8 Å². The van der Waals surface area contributed by atoms with Gasteiger partial charge in [-0.1, -0.05) is 0 Å². The number of likely N-dealkylation sites (N-methyl/N-ethyl adjacent to an activating group) is 1. The maximum absolute atomic E-state index is 12.0. The fraction of sp³-hybridized carbons (Fsp3) is 0.500. The molecule has 1 aromatic heterocycles. The second-order valence-electron chi connectivity index (χ2n) is 3.56. The van der Waals surface area contributed by atoms with Crippen LogP contribution >= 0.6 is 0 Å². The molecular formula is C12H19N3O2. The molecule has 0 fully saturated rings. The van der Waals surface area contributed by atoms with Gasteiger partial charge in [-0.2, -0.15) is 0 Å². The summed E-state index contributed by atoms with van der Waals surface area (Å²) in [4.78, 5) is 17.8. The van der Waals surface area contributed by atoms with Crippen LogP contribution < -0.4 is 5.73 Å². The van der Waals surface area contributed by atoms with Crippen molar-refractivity contribution in [3.8, 4) is 0 Å². The summed E-state index contributed by atoms with van der Waals surface area (Å²) in [6.07, 6.45) is 1.49. The SMILES string of the molecule is CCOCCN(CC)C(=O)c1ccc(N)cn1. The van der Waals surface area contributed by atoms with Crippen LogP contribution in [0.15, 0.2) is 18.3 Å². The van der Waals surface area contributed by atoms with Crippen LogP contribution in [0.1, 0.15) is 24.3 Å². The minimum absolute atomic E-state index is 0.0906. The third-order valence-electron chi connectivity index (χ3n) is 2.38. The molecule has 1 heterocycles. The molecular weight excluding hydrogens is 218 g/mol. The normalized spacial score (nSPS) is 10.2. The zero-order valence-corrected chi connectivity index (χ0v) is 10.3. The lowest BCUT2D eigenvalue weighted by Crippen LogP contribution is -2.34. The minimum Gasteiger partial charge on any atom is -0.397 e. The Balaban J connectivity index is 2.62. The molecule has 0 unspecified atom stereocenters. The first-order chi connectivity index (χ1) is 8.19. The first kappa shape index (κ1) is 13.4.